The molecular weight excluding hydrogens is 334 g/mol. The van der Waals surface area contributed by atoms with Crippen LogP contribution in [0.25, 0.3) is 11.1 Å². The molecule has 4 heteroatoms. The summed E-state index contributed by atoms with van der Waals surface area (Å²) in [5, 5.41) is 7.65. The van der Waals surface area contributed by atoms with Crippen molar-refractivity contribution < 1.29 is 4.74 Å². The Balaban J connectivity index is 1.62. The van der Waals surface area contributed by atoms with Crippen molar-refractivity contribution in [2.75, 3.05) is 26.2 Å². The summed E-state index contributed by atoms with van der Waals surface area (Å²) in [6, 6.07) is 14.4. The Kier molecular flexibility index (Phi) is 6.64. The quantitative estimate of drug-likeness (QED) is 0.571. The van der Waals surface area contributed by atoms with Gasteiger partial charge in [0.05, 0.1) is 6.61 Å². The van der Waals surface area contributed by atoms with E-state index in [2.05, 4.69) is 43.0 Å². The molecule has 2 aromatic carbocycles. The van der Waals surface area contributed by atoms with E-state index in [9.17, 15) is 0 Å². The number of aryl methyl sites for hydroxylation is 1. The first-order valence-corrected chi connectivity index (χ1v) is 9.90. The van der Waals surface area contributed by atoms with Crippen LogP contribution in [0.4, 0.5) is 0 Å². The van der Waals surface area contributed by atoms with E-state index >= 15 is 0 Å². The van der Waals surface area contributed by atoms with E-state index in [1.807, 2.05) is 18.2 Å². The van der Waals surface area contributed by atoms with Crippen LogP contribution >= 0.6 is 0 Å². The zero-order valence-electron chi connectivity index (χ0n) is 16.5. The Morgan fingerprint density at radius 1 is 1.15 bits per heavy atom. The van der Waals surface area contributed by atoms with Crippen LogP contribution in [0.15, 0.2) is 42.5 Å². The number of amidine groups is 1. The largest absolute Gasteiger partial charge is 0.384 e. The summed E-state index contributed by atoms with van der Waals surface area (Å²) in [6.07, 6.45) is 2.48. The predicted molar refractivity (Wildman–Crippen MR) is 112 cm³/mol. The topological polar surface area (TPSA) is 62.3 Å². The average Bonchev–Trinajstić information content (AvgIpc) is 2.68. The van der Waals surface area contributed by atoms with E-state index in [0.29, 0.717) is 12.5 Å². The van der Waals surface area contributed by atoms with Crippen LogP contribution < -0.4 is 5.73 Å². The highest BCUT2D eigenvalue weighted by Crippen LogP contribution is 2.24. The fourth-order valence-corrected chi connectivity index (χ4v) is 3.79. The first kappa shape index (κ1) is 19.6. The van der Waals surface area contributed by atoms with Gasteiger partial charge in [-0.1, -0.05) is 42.8 Å². The van der Waals surface area contributed by atoms with Gasteiger partial charge in [-0.05, 0) is 74.1 Å². The molecule has 1 heterocycles. The third-order valence-corrected chi connectivity index (χ3v) is 5.42. The van der Waals surface area contributed by atoms with Crippen molar-refractivity contribution in [1.82, 2.24) is 4.90 Å². The van der Waals surface area contributed by atoms with Gasteiger partial charge in [0.2, 0.25) is 0 Å². The first-order valence-electron chi connectivity index (χ1n) is 9.90. The molecule has 1 fully saturated rings. The molecule has 4 nitrogen and oxygen atoms in total. The van der Waals surface area contributed by atoms with E-state index in [1.54, 1.807) is 0 Å². The summed E-state index contributed by atoms with van der Waals surface area (Å²) in [4.78, 5) is 2.51. The number of nitrogen functional groups attached to an aromatic ring is 1. The summed E-state index contributed by atoms with van der Waals surface area (Å²) in [6.45, 7) is 9.40. The molecule has 0 spiro atoms. The van der Waals surface area contributed by atoms with Gasteiger partial charge in [0.1, 0.15) is 5.84 Å². The molecule has 1 saturated heterocycles. The second-order valence-corrected chi connectivity index (χ2v) is 7.59. The lowest BCUT2D eigenvalue weighted by Gasteiger charge is -2.30. The van der Waals surface area contributed by atoms with Gasteiger partial charge in [0, 0.05) is 12.2 Å². The summed E-state index contributed by atoms with van der Waals surface area (Å²) < 4.78 is 6.06. The fraction of sp³-hybridized carbons (Fsp3) is 0.435. The van der Waals surface area contributed by atoms with Crippen molar-refractivity contribution in [2.45, 2.75) is 33.3 Å². The summed E-state index contributed by atoms with van der Waals surface area (Å²) in [7, 11) is 0. The maximum absolute atomic E-state index is 7.65. The SMILES string of the molecule is CCN1CCC(COCc2cc(C)cc(-c3cccc(C(=N)N)c3)c2)CC1. The number of hydrogen-bond donors (Lipinski definition) is 2. The van der Waals surface area contributed by atoms with Gasteiger partial charge in [-0.3, -0.25) is 5.41 Å². The Labute approximate surface area is 162 Å². The summed E-state index contributed by atoms with van der Waals surface area (Å²) >= 11 is 0. The van der Waals surface area contributed by atoms with Crippen LogP contribution in [0.1, 0.15) is 36.5 Å². The lowest BCUT2D eigenvalue weighted by atomic mass is 9.97. The highest BCUT2D eigenvalue weighted by molar-refractivity contribution is 5.96. The molecule has 3 rings (SSSR count). The van der Waals surface area contributed by atoms with Crippen LogP contribution in [0.2, 0.25) is 0 Å². The van der Waals surface area contributed by atoms with Crippen LogP contribution in [-0.2, 0) is 11.3 Å². The van der Waals surface area contributed by atoms with Crippen molar-refractivity contribution in [3.05, 3.63) is 59.2 Å². The third-order valence-electron chi connectivity index (χ3n) is 5.42. The molecule has 144 valence electrons. The Morgan fingerprint density at radius 2 is 1.93 bits per heavy atom. The minimum atomic E-state index is 0.0992. The molecule has 2 aromatic rings. The van der Waals surface area contributed by atoms with E-state index in [0.717, 1.165) is 29.8 Å². The second kappa shape index (κ2) is 9.16. The second-order valence-electron chi connectivity index (χ2n) is 7.59. The number of rotatable bonds is 7. The highest BCUT2D eigenvalue weighted by Gasteiger charge is 2.18. The van der Waals surface area contributed by atoms with Gasteiger partial charge in [-0.15, -0.1) is 0 Å². The summed E-state index contributed by atoms with van der Waals surface area (Å²) in [5.74, 6) is 0.784. The van der Waals surface area contributed by atoms with Gasteiger partial charge < -0.3 is 15.4 Å². The maximum atomic E-state index is 7.65. The number of hydrogen-bond acceptors (Lipinski definition) is 3. The molecule has 0 amide bonds. The van der Waals surface area contributed by atoms with Gasteiger partial charge in [-0.2, -0.15) is 0 Å². The van der Waals surface area contributed by atoms with E-state index in [-0.39, 0.29) is 5.84 Å². The van der Waals surface area contributed by atoms with E-state index in [1.165, 1.54) is 37.1 Å². The molecule has 3 N–H and O–H groups in total. The number of nitrogens with two attached hydrogens (primary N) is 1. The normalized spacial score (nSPS) is 15.8. The number of piperidine rings is 1. The highest BCUT2D eigenvalue weighted by atomic mass is 16.5. The minimum Gasteiger partial charge on any atom is -0.384 e. The van der Waals surface area contributed by atoms with Crippen molar-refractivity contribution in [3.8, 4) is 11.1 Å². The van der Waals surface area contributed by atoms with Gasteiger partial charge in [-0.25, -0.2) is 0 Å². The Bertz CT molecular complexity index is 779. The number of likely N-dealkylation sites (tertiary alicyclic amines) is 1. The summed E-state index contributed by atoms with van der Waals surface area (Å²) in [5.41, 5.74) is 11.0. The lowest BCUT2D eigenvalue weighted by Crippen LogP contribution is -2.34. The third kappa shape index (κ3) is 5.41. The fourth-order valence-electron chi connectivity index (χ4n) is 3.79. The van der Waals surface area contributed by atoms with Crippen molar-refractivity contribution in [1.29, 1.82) is 5.41 Å². The van der Waals surface area contributed by atoms with Gasteiger partial charge in [0.25, 0.3) is 0 Å². The van der Waals surface area contributed by atoms with E-state index < -0.39 is 0 Å². The minimum absolute atomic E-state index is 0.0992. The number of nitrogens with zero attached hydrogens (tertiary/aromatic N) is 1. The Hall–Kier alpha value is -2.17. The average molecular weight is 366 g/mol. The van der Waals surface area contributed by atoms with Crippen molar-refractivity contribution >= 4 is 5.84 Å². The Morgan fingerprint density at radius 3 is 2.63 bits per heavy atom. The monoisotopic (exact) mass is 365 g/mol. The smallest absolute Gasteiger partial charge is 0.122 e. The molecule has 0 bridgehead atoms. The molecule has 0 aliphatic carbocycles. The van der Waals surface area contributed by atoms with Crippen LogP contribution in [0.3, 0.4) is 0 Å². The van der Waals surface area contributed by atoms with Crippen LogP contribution in [-0.4, -0.2) is 37.0 Å². The molecule has 1 aliphatic heterocycles. The molecule has 0 atom stereocenters. The molecule has 0 saturated carbocycles. The standard InChI is InChI=1S/C23H31N3O/c1-3-26-9-7-18(8-10-26)15-27-16-19-11-17(2)12-22(13-19)20-5-4-6-21(14-20)23(24)25/h4-6,11-14,18H,3,7-10,15-16H2,1-2H3,(H3,24,25). The van der Waals surface area contributed by atoms with E-state index in [4.69, 9.17) is 15.9 Å². The van der Waals surface area contributed by atoms with Crippen LogP contribution in [0, 0.1) is 18.3 Å². The molecule has 0 radical (unpaired) electrons. The molecule has 0 unspecified atom stereocenters. The predicted octanol–water partition coefficient (Wildman–Crippen LogP) is 4.19. The zero-order valence-corrected chi connectivity index (χ0v) is 16.5. The van der Waals surface area contributed by atoms with Gasteiger partial charge in [0.15, 0.2) is 0 Å². The number of ether oxygens (including phenoxy) is 1. The number of nitrogens with one attached hydrogen (secondary N) is 1. The number of benzene rings is 2. The maximum Gasteiger partial charge on any atom is 0.122 e. The van der Waals surface area contributed by atoms with Crippen molar-refractivity contribution in [2.24, 2.45) is 11.7 Å². The molecule has 0 aromatic heterocycles. The van der Waals surface area contributed by atoms with Crippen molar-refractivity contribution in [3.63, 3.8) is 0 Å². The molecular formula is C23H31N3O. The first-order chi connectivity index (χ1) is 13.0. The zero-order chi connectivity index (χ0) is 19.2. The molecule has 1 aliphatic rings. The lowest BCUT2D eigenvalue weighted by molar-refractivity contribution is 0.0587. The van der Waals surface area contributed by atoms with Gasteiger partial charge >= 0.3 is 0 Å². The molecule has 27 heavy (non-hydrogen) atoms. The van der Waals surface area contributed by atoms with Crippen LogP contribution in [0.5, 0.6) is 0 Å².